The Morgan fingerprint density at radius 1 is 1.30 bits per heavy atom. The second-order valence-electron chi connectivity index (χ2n) is 4.90. The molecule has 0 bridgehead atoms. The Hall–Kier alpha value is -2.34. The van der Waals surface area contributed by atoms with E-state index in [0.29, 0.717) is 11.3 Å². The van der Waals surface area contributed by atoms with E-state index in [1.807, 2.05) is 0 Å². The van der Waals surface area contributed by atoms with E-state index in [1.54, 1.807) is 44.2 Å². The Morgan fingerprint density at radius 2 is 1.96 bits per heavy atom. The fraction of sp³-hybridized carbons (Fsp3) is 0.312. The third-order valence-corrected chi connectivity index (χ3v) is 3.67. The number of alkyl halides is 1. The highest BCUT2D eigenvalue weighted by atomic mass is 35.5. The fourth-order valence-corrected chi connectivity index (χ4v) is 2.61. The first-order chi connectivity index (χ1) is 11.0. The highest BCUT2D eigenvalue weighted by Crippen LogP contribution is 2.34. The average molecular weight is 337 g/mol. The van der Waals surface area contributed by atoms with Crippen LogP contribution in [0.25, 0.3) is 0 Å². The maximum Gasteiger partial charge on any atom is 0.338 e. The van der Waals surface area contributed by atoms with Crippen LogP contribution >= 0.6 is 11.6 Å². The van der Waals surface area contributed by atoms with E-state index < -0.39 is 23.9 Å². The van der Waals surface area contributed by atoms with Gasteiger partial charge in [-0.05, 0) is 19.4 Å². The van der Waals surface area contributed by atoms with Gasteiger partial charge in [-0.25, -0.2) is 9.59 Å². The Bertz CT molecular complexity index is 657. The molecule has 0 spiro atoms. The smallest absolute Gasteiger partial charge is 0.338 e. The van der Waals surface area contributed by atoms with Gasteiger partial charge in [-0.15, -0.1) is 11.6 Å². The number of imide groups is 1. The highest BCUT2D eigenvalue weighted by molar-refractivity contribution is 6.28. The number of nitrogens with one attached hydrogen (secondary N) is 1. The molecule has 1 heterocycles. The summed E-state index contributed by atoms with van der Waals surface area (Å²) in [6, 6.07) is 7.34. The van der Waals surface area contributed by atoms with E-state index in [4.69, 9.17) is 16.3 Å². The van der Waals surface area contributed by atoms with Crippen LogP contribution in [0.2, 0.25) is 0 Å². The number of carbonyl (C=O) groups is 3. The number of carbonyl (C=O) groups excluding carboxylic acids is 3. The summed E-state index contributed by atoms with van der Waals surface area (Å²) in [5.74, 6) is -1.54. The van der Waals surface area contributed by atoms with Crippen LogP contribution in [0.3, 0.4) is 0 Å². The van der Waals surface area contributed by atoms with Gasteiger partial charge < -0.3 is 10.1 Å². The Kier molecular flexibility index (Phi) is 5.39. The summed E-state index contributed by atoms with van der Waals surface area (Å²) in [7, 11) is 0. The van der Waals surface area contributed by atoms with Gasteiger partial charge in [0.05, 0.1) is 12.2 Å². The number of hydrogen-bond acceptors (Lipinski definition) is 4. The van der Waals surface area contributed by atoms with Gasteiger partial charge in [-0.3, -0.25) is 9.69 Å². The molecule has 7 heteroatoms. The first-order valence-electron chi connectivity index (χ1n) is 7.13. The van der Waals surface area contributed by atoms with Crippen molar-refractivity contribution in [2.45, 2.75) is 19.9 Å². The first-order valence-corrected chi connectivity index (χ1v) is 7.66. The molecule has 1 aliphatic heterocycles. The molecule has 122 valence electrons. The molecular weight excluding hydrogens is 320 g/mol. The average Bonchev–Trinajstić information content (AvgIpc) is 2.54. The number of allylic oxidation sites excluding steroid dienone is 1. The number of urea groups is 1. The minimum Gasteiger partial charge on any atom is -0.463 e. The van der Waals surface area contributed by atoms with E-state index >= 15 is 0 Å². The highest BCUT2D eigenvalue weighted by Gasteiger charge is 2.41. The lowest BCUT2D eigenvalue weighted by molar-refractivity contribution is -0.139. The van der Waals surface area contributed by atoms with Crippen LogP contribution in [-0.2, 0) is 14.3 Å². The maximum atomic E-state index is 12.4. The molecule has 3 amide bonds. The molecule has 6 nitrogen and oxygen atoms in total. The van der Waals surface area contributed by atoms with E-state index in [-0.39, 0.29) is 18.1 Å². The molecule has 1 unspecified atom stereocenters. The standard InChI is InChI=1S/C16H17ClN2O4/c1-3-23-15(21)13-10(2)18-16(22)19(12(20)9-17)14(13)11-7-5-4-6-8-11/h4-8,14H,3,9H2,1-2H3,(H,18,22). The summed E-state index contributed by atoms with van der Waals surface area (Å²) in [6.45, 7) is 3.48. The van der Waals surface area contributed by atoms with Gasteiger partial charge in [0.25, 0.3) is 0 Å². The van der Waals surface area contributed by atoms with E-state index in [2.05, 4.69) is 5.32 Å². The van der Waals surface area contributed by atoms with Crippen molar-refractivity contribution in [3.05, 3.63) is 47.2 Å². The number of nitrogens with zero attached hydrogens (tertiary/aromatic N) is 1. The van der Waals surface area contributed by atoms with Crippen molar-refractivity contribution >= 4 is 29.5 Å². The molecule has 23 heavy (non-hydrogen) atoms. The monoisotopic (exact) mass is 336 g/mol. The number of rotatable bonds is 4. The molecular formula is C16H17ClN2O4. The molecule has 0 fully saturated rings. The van der Waals surface area contributed by atoms with Gasteiger partial charge in [0.1, 0.15) is 11.9 Å². The normalized spacial score (nSPS) is 17.8. The molecule has 0 aromatic heterocycles. The van der Waals surface area contributed by atoms with Crippen LogP contribution in [0.15, 0.2) is 41.6 Å². The molecule has 0 saturated heterocycles. The molecule has 1 aromatic carbocycles. The van der Waals surface area contributed by atoms with Gasteiger partial charge in [-0.2, -0.15) is 0 Å². The molecule has 0 aliphatic carbocycles. The number of halogens is 1. The predicted molar refractivity (Wildman–Crippen MR) is 84.6 cm³/mol. The third-order valence-electron chi connectivity index (χ3n) is 3.44. The van der Waals surface area contributed by atoms with Crippen LogP contribution in [0.4, 0.5) is 4.79 Å². The van der Waals surface area contributed by atoms with Crippen LogP contribution < -0.4 is 5.32 Å². The zero-order chi connectivity index (χ0) is 17.0. The first kappa shape index (κ1) is 17.0. The van der Waals surface area contributed by atoms with Crippen molar-refractivity contribution in [2.24, 2.45) is 0 Å². The maximum absolute atomic E-state index is 12.4. The Balaban J connectivity index is 2.60. The fourth-order valence-electron chi connectivity index (χ4n) is 2.49. The third kappa shape index (κ3) is 3.37. The largest absolute Gasteiger partial charge is 0.463 e. The number of ether oxygens (including phenoxy) is 1. The second-order valence-corrected chi connectivity index (χ2v) is 5.17. The number of benzene rings is 1. The molecule has 1 aromatic rings. The Labute approximate surface area is 139 Å². The summed E-state index contributed by atoms with van der Waals surface area (Å²) in [5, 5.41) is 2.52. The van der Waals surface area contributed by atoms with Gasteiger partial charge in [0.15, 0.2) is 0 Å². The van der Waals surface area contributed by atoms with Crippen molar-refractivity contribution in [1.82, 2.24) is 10.2 Å². The summed E-state index contributed by atoms with van der Waals surface area (Å²) in [6.07, 6.45) is 0. The minimum atomic E-state index is -0.866. The van der Waals surface area contributed by atoms with Crippen molar-refractivity contribution in [2.75, 3.05) is 12.5 Å². The second kappa shape index (κ2) is 7.28. The van der Waals surface area contributed by atoms with Gasteiger partial charge in [-0.1, -0.05) is 30.3 Å². The van der Waals surface area contributed by atoms with Crippen molar-refractivity contribution in [3.8, 4) is 0 Å². The zero-order valence-corrected chi connectivity index (χ0v) is 13.6. The van der Waals surface area contributed by atoms with Crippen molar-refractivity contribution < 1.29 is 19.1 Å². The number of amides is 3. The predicted octanol–water partition coefficient (Wildman–Crippen LogP) is 2.36. The molecule has 1 atom stereocenters. The Morgan fingerprint density at radius 3 is 2.52 bits per heavy atom. The molecule has 2 rings (SSSR count). The number of esters is 1. The lowest BCUT2D eigenvalue weighted by atomic mass is 9.94. The van der Waals surface area contributed by atoms with Crippen molar-refractivity contribution in [1.29, 1.82) is 0 Å². The lowest BCUT2D eigenvalue weighted by Crippen LogP contribution is -2.51. The van der Waals surface area contributed by atoms with Crippen LogP contribution in [-0.4, -0.2) is 35.3 Å². The van der Waals surface area contributed by atoms with E-state index in [0.717, 1.165) is 4.90 Å². The summed E-state index contributed by atoms with van der Waals surface area (Å²) in [4.78, 5) is 37.7. The lowest BCUT2D eigenvalue weighted by Gasteiger charge is -2.36. The minimum absolute atomic E-state index is 0.189. The van der Waals surface area contributed by atoms with Crippen LogP contribution in [0.1, 0.15) is 25.5 Å². The van der Waals surface area contributed by atoms with E-state index in [9.17, 15) is 14.4 Å². The quantitative estimate of drug-likeness (QED) is 0.676. The molecule has 0 radical (unpaired) electrons. The van der Waals surface area contributed by atoms with Crippen LogP contribution in [0, 0.1) is 0 Å². The molecule has 1 aliphatic rings. The summed E-state index contributed by atoms with van der Waals surface area (Å²) < 4.78 is 5.08. The van der Waals surface area contributed by atoms with Crippen molar-refractivity contribution in [3.63, 3.8) is 0 Å². The SMILES string of the molecule is CCOC(=O)C1=C(C)NC(=O)N(C(=O)CCl)C1c1ccccc1. The van der Waals surface area contributed by atoms with Gasteiger partial charge in [0.2, 0.25) is 5.91 Å². The topological polar surface area (TPSA) is 75.7 Å². The van der Waals surface area contributed by atoms with Crippen LogP contribution in [0.5, 0.6) is 0 Å². The van der Waals surface area contributed by atoms with Gasteiger partial charge in [0, 0.05) is 5.70 Å². The van der Waals surface area contributed by atoms with E-state index in [1.165, 1.54) is 0 Å². The molecule has 0 saturated carbocycles. The van der Waals surface area contributed by atoms with Gasteiger partial charge >= 0.3 is 12.0 Å². The summed E-state index contributed by atoms with van der Waals surface area (Å²) >= 11 is 5.62. The summed E-state index contributed by atoms with van der Waals surface area (Å²) in [5.41, 5.74) is 1.21. The zero-order valence-electron chi connectivity index (χ0n) is 12.8. The number of hydrogen-bond donors (Lipinski definition) is 1. The molecule has 1 N–H and O–H groups in total.